The van der Waals surface area contributed by atoms with E-state index in [1.165, 1.54) is 24.2 Å². The molecule has 3 aromatic rings. The molecule has 0 N–H and O–H groups in total. The van der Waals surface area contributed by atoms with Crippen LogP contribution in [0.4, 0.5) is 0 Å². The van der Waals surface area contributed by atoms with E-state index in [1.54, 1.807) is 14.2 Å². The Kier molecular flexibility index (Phi) is 4.70. The summed E-state index contributed by atoms with van der Waals surface area (Å²) >= 11 is 5.71. The van der Waals surface area contributed by atoms with E-state index in [2.05, 4.69) is 86.5 Å². The summed E-state index contributed by atoms with van der Waals surface area (Å²) in [5, 5.41) is 0. The number of hydrogen-bond acceptors (Lipinski definition) is 2. The Morgan fingerprint density at radius 2 is 1.20 bits per heavy atom. The number of rotatable bonds is 3. The predicted molar refractivity (Wildman–Crippen MR) is 111 cm³/mol. The summed E-state index contributed by atoms with van der Waals surface area (Å²) in [5.74, 6) is 1.71. The number of benzene rings is 3. The monoisotopic (exact) mass is 520 g/mol. The molecule has 0 bridgehead atoms. The van der Waals surface area contributed by atoms with E-state index in [1.807, 2.05) is 0 Å². The average molecular weight is 522 g/mol. The molecule has 0 saturated carbocycles. The van der Waals surface area contributed by atoms with Crippen molar-refractivity contribution in [1.29, 1.82) is 0 Å². The molecule has 0 fully saturated rings. The Morgan fingerprint density at radius 1 is 0.720 bits per heavy atom. The van der Waals surface area contributed by atoms with E-state index < -0.39 is 14.7 Å². The average Bonchev–Trinajstić information content (AvgIpc) is 2.92. The molecule has 0 spiro atoms. The Morgan fingerprint density at radius 3 is 1.64 bits per heavy atom. The van der Waals surface area contributed by atoms with Gasteiger partial charge in [0.1, 0.15) is 0 Å². The number of ether oxygens (including phenoxy) is 2. The van der Waals surface area contributed by atoms with Crippen LogP contribution in [0, 0.1) is 0 Å². The molecule has 1 aliphatic heterocycles. The summed E-state index contributed by atoms with van der Waals surface area (Å²) in [4.78, 5) is 0. The Bertz CT molecular complexity index is 898. The second-order valence-corrected chi connectivity index (χ2v) is 11.9. The van der Waals surface area contributed by atoms with Crippen LogP contribution in [0.25, 0.3) is 11.1 Å². The predicted octanol–water partition coefficient (Wildman–Crippen LogP) is 3.73. The van der Waals surface area contributed by atoms with Crippen LogP contribution in [0.2, 0.25) is 0 Å². The molecule has 0 aromatic heterocycles. The first-order valence-corrected chi connectivity index (χ1v) is 12.1. The van der Waals surface area contributed by atoms with Crippen molar-refractivity contribution in [1.82, 2.24) is 0 Å². The molecular formula is C20H15AsBr2O2. The third-order valence-electron chi connectivity index (χ3n) is 4.33. The summed E-state index contributed by atoms with van der Waals surface area (Å²) in [7, 11) is 3.41. The molecule has 126 valence electrons. The van der Waals surface area contributed by atoms with Gasteiger partial charge in [0.25, 0.3) is 0 Å². The summed E-state index contributed by atoms with van der Waals surface area (Å²) in [6.45, 7) is 0. The number of fused-ring (bicyclic) bond motifs is 3. The molecule has 0 radical (unpaired) electrons. The zero-order valence-corrected chi connectivity index (χ0v) is 18.8. The van der Waals surface area contributed by atoms with Crippen LogP contribution in [0.1, 0.15) is 0 Å². The van der Waals surface area contributed by atoms with Gasteiger partial charge in [-0.1, -0.05) is 0 Å². The fourth-order valence-corrected chi connectivity index (χ4v) is 10.5. The molecule has 5 heteroatoms. The minimum atomic E-state index is -1.61. The molecule has 2 nitrogen and oxygen atoms in total. The van der Waals surface area contributed by atoms with Crippen molar-refractivity contribution in [2.75, 3.05) is 14.2 Å². The van der Waals surface area contributed by atoms with Crippen LogP contribution in [-0.2, 0) is 0 Å². The van der Waals surface area contributed by atoms with Crippen LogP contribution in [0.5, 0.6) is 11.5 Å². The van der Waals surface area contributed by atoms with Gasteiger partial charge in [-0.25, -0.2) is 0 Å². The molecule has 0 aliphatic carbocycles. The van der Waals surface area contributed by atoms with Gasteiger partial charge in [-0.3, -0.25) is 0 Å². The van der Waals surface area contributed by atoms with Crippen LogP contribution < -0.4 is 22.5 Å². The topological polar surface area (TPSA) is 18.5 Å². The van der Waals surface area contributed by atoms with Crippen LogP contribution in [-0.4, -0.2) is 28.9 Å². The van der Waals surface area contributed by atoms with Gasteiger partial charge in [0.05, 0.1) is 0 Å². The summed E-state index contributed by atoms with van der Waals surface area (Å²) in [6, 6.07) is 19.6. The Balaban J connectivity index is 2.03. The molecule has 0 atom stereocenters. The molecule has 4 rings (SSSR count). The third kappa shape index (κ3) is 2.85. The zero-order valence-electron chi connectivity index (χ0n) is 13.7. The Labute approximate surface area is 168 Å². The second kappa shape index (κ2) is 6.83. The van der Waals surface area contributed by atoms with E-state index in [0.29, 0.717) is 0 Å². The maximum atomic E-state index is 5.54. The molecular weight excluding hydrogens is 507 g/mol. The van der Waals surface area contributed by atoms with E-state index >= 15 is 0 Å². The first-order valence-electron chi connectivity index (χ1n) is 7.74. The molecule has 3 aromatic carbocycles. The van der Waals surface area contributed by atoms with Crippen molar-refractivity contribution in [2.24, 2.45) is 0 Å². The molecule has 0 unspecified atom stereocenters. The van der Waals surface area contributed by atoms with E-state index in [-0.39, 0.29) is 0 Å². The van der Waals surface area contributed by atoms with Gasteiger partial charge < -0.3 is 0 Å². The summed E-state index contributed by atoms with van der Waals surface area (Å²) in [5.41, 5.74) is 2.51. The summed E-state index contributed by atoms with van der Waals surface area (Å²) in [6.07, 6.45) is 0. The zero-order chi connectivity index (χ0) is 17.6. The van der Waals surface area contributed by atoms with Crippen molar-refractivity contribution in [3.8, 4) is 22.6 Å². The van der Waals surface area contributed by atoms with Crippen molar-refractivity contribution >= 4 is 59.6 Å². The fourth-order valence-electron chi connectivity index (χ4n) is 3.19. The van der Waals surface area contributed by atoms with Gasteiger partial charge >= 0.3 is 169 Å². The second-order valence-electron chi connectivity index (χ2n) is 5.68. The normalized spacial score (nSPS) is 12.6. The molecule has 25 heavy (non-hydrogen) atoms. The number of halogens is 2. The molecule has 1 aliphatic rings. The van der Waals surface area contributed by atoms with Gasteiger partial charge in [-0.05, 0) is 0 Å². The maximum absolute atomic E-state index is 5.54. The molecule has 0 saturated heterocycles. The van der Waals surface area contributed by atoms with Gasteiger partial charge in [-0.15, -0.1) is 0 Å². The van der Waals surface area contributed by atoms with Gasteiger partial charge in [-0.2, -0.15) is 0 Å². The van der Waals surface area contributed by atoms with Crippen molar-refractivity contribution in [3.05, 3.63) is 63.5 Å². The number of hydrogen-bond donors (Lipinski definition) is 0. The standard InChI is InChI=1S/C20H15AsBr2O2/c1-24-19-8-13-14-9-20(25-2)18(23)11-16(14)21(15(13)10-17(19)22)12-6-4-3-5-7-12/h3-11H,1-2H3. The molecule has 1 heterocycles. The quantitative estimate of drug-likeness (QED) is 0.383. The molecule has 0 amide bonds. The van der Waals surface area contributed by atoms with E-state index in [9.17, 15) is 0 Å². The van der Waals surface area contributed by atoms with E-state index in [4.69, 9.17) is 9.47 Å². The van der Waals surface area contributed by atoms with Crippen LogP contribution in [0.15, 0.2) is 63.5 Å². The SMILES string of the molecule is COc1cc2c(cc1Br)[As](c1ccccc1)c1cc(Br)c(OC)cc1-2. The first-order chi connectivity index (χ1) is 12.1. The minimum absolute atomic E-state index is 0.857. The third-order valence-corrected chi connectivity index (χ3v) is 10.8. The van der Waals surface area contributed by atoms with Gasteiger partial charge in [0.2, 0.25) is 0 Å². The summed E-state index contributed by atoms with van der Waals surface area (Å²) < 4.78 is 17.3. The first kappa shape index (κ1) is 17.2. The van der Waals surface area contributed by atoms with Crippen molar-refractivity contribution < 1.29 is 9.47 Å². The van der Waals surface area contributed by atoms with Crippen molar-refractivity contribution in [2.45, 2.75) is 0 Å². The van der Waals surface area contributed by atoms with Crippen LogP contribution >= 0.6 is 31.9 Å². The van der Waals surface area contributed by atoms with Gasteiger partial charge in [0.15, 0.2) is 0 Å². The van der Waals surface area contributed by atoms with Gasteiger partial charge in [0, 0.05) is 0 Å². The van der Waals surface area contributed by atoms with Crippen LogP contribution in [0.3, 0.4) is 0 Å². The van der Waals surface area contributed by atoms with Crippen molar-refractivity contribution in [3.63, 3.8) is 0 Å². The Hall–Kier alpha value is -1.22. The van der Waals surface area contributed by atoms with E-state index in [0.717, 1.165) is 20.4 Å². The fraction of sp³-hybridized carbons (Fsp3) is 0.100. The number of methoxy groups -OCH3 is 2.